The first-order valence-electron chi connectivity index (χ1n) is 9.98. The minimum atomic E-state index is -1.78. The van der Waals surface area contributed by atoms with Gasteiger partial charge in [-0.15, -0.1) is 0 Å². The van der Waals surface area contributed by atoms with E-state index < -0.39 is 64.5 Å². The summed E-state index contributed by atoms with van der Waals surface area (Å²) in [6.45, 7) is 11.4. The predicted molar refractivity (Wildman–Crippen MR) is 108 cm³/mol. The maximum Gasteiger partial charge on any atom is 0.317 e. The van der Waals surface area contributed by atoms with Gasteiger partial charge in [0.2, 0.25) is 0 Å². The van der Waals surface area contributed by atoms with Gasteiger partial charge >= 0.3 is 11.9 Å². The Morgan fingerprint density at radius 3 is 2.10 bits per heavy atom. The summed E-state index contributed by atoms with van der Waals surface area (Å²) in [6.07, 6.45) is -0.424. The van der Waals surface area contributed by atoms with Crippen molar-refractivity contribution >= 4 is 17.7 Å². The number of benzene rings is 1. The van der Waals surface area contributed by atoms with Gasteiger partial charge in [0.25, 0.3) is 0 Å². The van der Waals surface area contributed by atoms with E-state index in [1.54, 1.807) is 41.5 Å². The smallest absolute Gasteiger partial charge is 0.317 e. The van der Waals surface area contributed by atoms with Crippen LogP contribution in [-0.2, 0) is 23.9 Å². The van der Waals surface area contributed by atoms with Crippen molar-refractivity contribution in [2.45, 2.75) is 77.6 Å². The number of rotatable bonds is 3. The van der Waals surface area contributed by atoms with Crippen LogP contribution in [0.25, 0.3) is 0 Å². The van der Waals surface area contributed by atoms with Crippen LogP contribution >= 0.6 is 0 Å². The van der Waals surface area contributed by atoms with Gasteiger partial charge in [0.05, 0.1) is 11.5 Å². The number of hydrogen-bond donors (Lipinski definition) is 1. The number of carbonyl (C=O) groups is 3. The summed E-state index contributed by atoms with van der Waals surface area (Å²) in [7, 11) is 0. The number of hydrogen-bond acceptors (Lipinski definition) is 6. The zero-order valence-electron chi connectivity index (χ0n) is 18.6. The standard InChI is InChI=1S/C23H31FO6/c1-21(2,3)29-19(26)17-15(25)12-23(7,28)18(20(27)30-22(4,5)6)16(17)13-9-8-10-14(24)11-13/h8-11,16-18,28H,12H2,1-7H3/t16-,17-,18-,23-/m0/s1. The van der Waals surface area contributed by atoms with Crippen molar-refractivity contribution in [2.75, 3.05) is 0 Å². The van der Waals surface area contributed by atoms with Crippen molar-refractivity contribution in [3.05, 3.63) is 35.6 Å². The molecular formula is C23H31FO6. The van der Waals surface area contributed by atoms with Crippen molar-refractivity contribution in [2.24, 2.45) is 11.8 Å². The van der Waals surface area contributed by atoms with E-state index in [9.17, 15) is 23.9 Å². The molecule has 0 bridgehead atoms. The molecule has 0 aromatic heterocycles. The highest BCUT2D eigenvalue weighted by Gasteiger charge is 2.57. The van der Waals surface area contributed by atoms with Crippen LogP contribution in [0.2, 0.25) is 0 Å². The minimum absolute atomic E-state index is 0.245. The molecule has 0 heterocycles. The molecule has 0 unspecified atom stereocenters. The van der Waals surface area contributed by atoms with E-state index >= 15 is 0 Å². The second kappa shape index (κ2) is 8.10. The molecule has 0 saturated heterocycles. The highest BCUT2D eigenvalue weighted by Crippen LogP contribution is 2.47. The van der Waals surface area contributed by atoms with Gasteiger partial charge in [-0.25, -0.2) is 4.39 Å². The van der Waals surface area contributed by atoms with E-state index in [0.29, 0.717) is 0 Å². The van der Waals surface area contributed by atoms with Crippen LogP contribution < -0.4 is 0 Å². The average molecular weight is 422 g/mol. The van der Waals surface area contributed by atoms with Gasteiger partial charge in [-0.2, -0.15) is 0 Å². The Balaban J connectivity index is 2.64. The van der Waals surface area contributed by atoms with Gasteiger partial charge in [-0.05, 0) is 66.2 Å². The normalized spacial score (nSPS) is 27.5. The molecule has 6 nitrogen and oxygen atoms in total. The summed E-state index contributed by atoms with van der Waals surface area (Å²) in [5.41, 5.74) is -3.27. The monoisotopic (exact) mass is 422 g/mol. The van der Waals surface area contributed by atoms with E-state index in [1.807, 2.05) is 0 Å². The molecule has 4 atom stereocenters. The SMILES string of the molecule is CC(C)(C)OC(=O)[C@H]1C(=O)C[C@](C)(O)[C@H](C(=O)OC(C)(C)C)[C@H]1c1cccc(F)c1. The van der Waals surface area contributed by atoms with Gasteiger partial charge < -0.3 is 14.6 Å². The van der Waals surface area contributed by atoms with E-state index in [4.69, 9.17) is 9.47 Å². The highest BCUT2D eigenvalue weighted by molar-refractivity contribution is 6.03. The number of ether oxygens (including phenoxy) is 2. The van der Waals surface area contributed by atoms with E-state index in [1.165, 1.54) is 25.1 Å². The van der Waals surface area contributed by atoms with Gasteiger partial charge in [0.15, 0.2) is 5.78 Å². The Morgan fingerprint density at radius 1 is 1.07 bits per heavy atom. The quantitative estimate of drug-likeness (QED) is 0.592. The Morgan fingerprint density at radius 2 is 1.60 bits per heavy atom. The number of Topliss-reactive ketones (excluding diaryl/α,β-unsaturated/α-hetero) is 1. The topological polar surface area (TPSA) is 89.9 Å². The third kappa shape index (κ3) is 5.65. The Kier molecular flexibility index (Phi) is 6.48. The van der Waals surface area contributed by atoms with E-state index in [0.717, 1.165) is 6.07 Å². The first kappa shape index (κ1) is 24.0. The zero-order chi connectivity index (χ0) is 23.1. The maximum atomic E-state index is 14.0. The van der Waals surface area contributed by atoms with Gasteiger partial charge in [-0.3, -0.25) is 14.4 Å². The van der Waals surface area contributed by atoms with Crippen molar-refractivity contribution < 1.29 is 33.4 Å². The Bertz CT molecular complexity index is 831. The molecule has 166 valence electrons. The molecule has 1 aliphatic carbocycles. The third-order valence-electron chi connectivity index (χ3n) is 4.82. The number of halogens is 1. The fraction of sp³-hybridized carbons (Fsp3) is 0.609. The van der Waals surface area contributed by atoms with Crippen LogP contribution in [0.5, 0.6) is 0 Å². The van der Waals surface area contributed by atoms with Crippen LogP contribution in [0, 0.1) is 17.7 Å². The van der Waals surface area contributed by atoms with Crippen LogP contribution in [0.1, 0.15) is 66.4 Å². The number of ketones is 1. The van der Waals surface area contributed by atoms with Crippen LogP contribution in [0.3, 0.4) is 0 Å². The summed E-state index contributed by atoms with van der Waals surface area (Å²) in [5, 5.41) is 11.0. The second-order valence-corrected chi connectivity index (χ2v) is 10.1. The molecule has 1 N–H and O–H groups in total. The van der Waals surface area contributed by atoms with Crippen LogP contribution in [0.15, 0.2) is 24.3 Å². The Labute approximate surface area is 176 Å². The first-order chi connectivity index (χ1) is 13.5. The summed E-state index contributed by atoms with van der Waals surface area (Å²) < 4.78 is 25.0. The molecule has 1 aliphatic rings. The average Bonchev–Trinajstić information content (AvgIpc) is 2.49. The molecule has 1 fully saturated rings. The largest absolute Gasteiger partial charge is 0.460 e. The third-order valence-corrected chi connectivity index (χ3v) is 4.82. The van der Waals surface area contributed by atoms with E-state index in [2.05, 4.69) is 0 Å². The molecule has 7 heteroatoms. The molecule has 0 radical (unpaired) electrons. The number of aliphatic hydroxyl groups is 1. The van der Waals surface area contributed by atoms with Gasteiger partial charge in [0.1, 0.15) is 22.9 Å². The molecule has 0 amide bonds. The molecule has 30 heavy (non-hydrogen) atoms. The second-order valence-electron chi connectivity index (χ2n) is 10.1. The van der Waals surface area contributed by atoms with Crippen molar-refractivity contribution in [1.82, 2.24) is 0 Å². The van der Waals surface area contributed by atoms with Crippen LogP contribution in [-0.4, -0.2) is 39.6 Å². The lowest BCUT2D eigenvalue weighted by Gasteiger charge is -2.44. The zero-order valence-corrected chi connectivity index (χ0v) is 18.6. The van der Waals surface area contributed by atoms with Crippen LogP contribution in [0.4, 0.5) is 4.39 Å². The fourth-order valence-corrected chi connectivity index (χ4v) is 3.86. The van der Waals surface area contributed by atoms with E-state index in [-0.39, 0.29) is 5.56 Å². The summed E-state index contributed by atoms with van der Waals surface area (Å²) in [4.78, 5) is 39.1. The summed E-state index contributed by atoms with van der Waals surface area (Å²) in [5.74, 6) is -6.51. The highest BCUT2D eigenvalue weighted by atomic mass is 19.1. The number of esters is 2. The molecule has 1 saturated carbocycles. The molecule has 1 aromatic rings. The van der Waals surface area contributed by atoms with Crippen molar-refractivity contribution in [3.8, 4) is 0 Å². The minimum Gasteiger partial charge on any atom is -0.460 e. The van der Waals surface area contributed by atoms with Gasteiger partial charge in [-0.1, -0.05) is 12.1 Å². The fourth-order valence-electron chi connectivity index (χ4n) is 3.86. The molecular weight excluding hydrogens is 391 g/mol. The first-order valence-corrected chi connectivity index (χ1v) is 9.98. The maximum absolute atomic E-state index is 14.0. The lowest BCUT2D eigenvalue weighted by atomic mass is 9.61. The predicted octanol–water partition coefficient (Wildman–Crippen LogP) is 3.55. The lowest BCUT2D eigenvalue weighted by molar-refractivity contribution is -0.182. The lowest BCUT2D eigenvalue weighted by Crippen LogP contribution is -2.56. The van der Waals surface area contributed by atoms with Gasteiger partial charge in [0, 0.05) is 12.3 Å². The molecule has 0 aliphatic heterocycles. The Hall–Kier alpha value is -2.28. The van der Waals surface area contributed by atoms with Crippen molar-refractivity contribution in [3.63, 3.8) is 0 Å². The molecule has 2 rings (SSSR count). The summed E-state index contributed by atoms with van der Waals surface area (Å²) >= 11 is 0. The number of carbonyl (C=O) groups excluding carboxylic acids is 3. The summed E-state index contributed by atoms with van der Waals surface area (Å²) in [6, 6.07) is 5.33. The molecule has 0 spiro atoms. The van der Waals surface area contributed by atoms with Crippen molar-refractivity contribution in [1.29, 1.82) is 0 Å². The molecule has 1 aromatic carbocycles.